The Labute approximate surface area is 194 Å². The summed E-state index contributed by atoms with van der Waals surface area (Å²) in [6.45, 7) is 0. The van der Waals surface area contributed by atoms with Gasteiger partial charge in [0.1, 0.15) is 11.5 Å². The monoisotopic (exact) mass is 475 g/mol. The molecule has 0 saturated heterocycles. The van der Waals surface area contributed by atoms with E-state index >= 15 is 0 Å². The zero-order valence-electron chi connectivity index (χ0n) is 17.9. The molecule has 0 aliphatic heterocycles. The number of ketones is 1. The first-order chi connectivity index (χ1) is 16.3. The van der Waals surface area contributed by atoms with Crippen LogP contribution in [-0.4, -0.2) is 33.9 Å². The van der Waals surface area contributed by atoms with Crippen LogP contribution in [0.5, 0.6) is 0 Å². The third kappa shape index (κ3) is 4.06. The van der Waals surface area contributed by atoms with Crippen molar-refractivity contribution < 1.29 is 17.6 Å². The maximum absolute atomic E-state index is 13.5. The highest BCUT2D eigenvalue weighted by atomic mass is 32.2. The van der Waals surface area contributed by atoms with Crippen molar-refractivity contribution in [2.24, 2.45) is 7.05 Å². The molecule has 2 N–H and O–H groups in total. The second-order valence-electron chi connectivity index (χ2n) is 7.70. The highest BCUT2D eigenvalue weighted by Gasteiger charge is 2.19. The zero-order valence-corrected chi connectivity index (χ0v) is 18.7. The van der Waals surface area contributed by atoms with Gasteiger partial charge in [0.15, 0.2) is 5.78 Å². The van der Waals surface area contributed by atoms with E-state index < -0.39 is 15.8 Å². The number of carbonyl (C=O) groups excluding carboxylic acids is 1. The molecule has 0 radical (unpaired) electrons. The van der Waals surface area contributed by atoms with Crippen LogP contribution in [-0.2, 0) is 17.1 Å². The predicted molar refractivity (Wildman–Crippen MR) is 125 cm³/mol. The maximum Gasteiger partial charge on any atom is 0.261 e. The molecule has 5 aromatic rings. The lowest BCUT2D eigenvalue weighted by Gasteiger charge is -2.09. The summed E-state index contributed by atoms with van der Waals surface area (Å²) in [5.74, 6) is -0.964. The van der Waals surface area contributed by atoms with Crippen molar-refractivity contribution in [3.05, 3.63) is 96.3 Å². The number of halogens is 1. The molecule has 0 bridgehead atoms. The first-order valence-corrected chi connectivity index (χ1v) is 11.7. The van der Waals surface area contributed by atoms with Crippen LogP contribution < -0.4 is 4.72 Å². The molecule has 3 aromatic heterocycles. The first-order valence-electron chi connectivity index (χ1n) is 10.2. The Kier molecular flexibility index (Phi) is 5.21. The van der Waals surface area contributed by atoms with Crippen LogP contribution in [0, 0.1) is 5.82 Å². The number of nitrogens with zero attached hydrogens (tertiary/aromatic N) is 3. The number of pyridine rings is 1. The molecule has 0 fully saturated rings. The molecule has 0 aliphatic rings. The van der Waals surface area contributed by atoms with Crippen molar-refractivity contribution in [1.29, 1.82) is 0 Å². The minimum atomic E-state index is -4.03. The normalized spacial score (nSPS) is 11.6. The summed E-state index contributed by atoms with van der Waals surface area (Å²) in [6.07, 6.45) is 6.85. The summed E-state index contributed by atoms with van der Waals surface area (Å²) in [4.78, 5) is 20.5. The second-order valence-corrected chi connectivity index (χ2v) is 9.38. The molecule has 0 unspecified atom stereocenters. The number of nitrogens with one attached hydrogen (secondary N) is 2. The predicted octanol–water partition coefficient (Wildman–Crippen LogP) is 4.13. The van der Waals surface area contributed by atoms with Crippen molar-refractivity contribution in [1.82, 2.24) is 19.7 Å². The van der Waals surface area contributed by atoms with Crippen LogP contribution in [0.25, 0.3) is 22.2 Å². The van der Waals surface area contributed by atoms with Crippen LogP contribution in [0.1, 0.15) is 15.9 Å². The third-order valence-electron chi connectivity index (χ3n) is 5.30. The molecule has 3 heterocycles. The minimum Gasteiger partial charge on any atom is -0.345 e. The van der Waals surface area contributed by atoms with Gasteiger partial charge in [-0.25, -0.2) is 17.8 Å². The topological polar surface area (TPSA) is 110 Å². The van der Waals surface area contributed by atoms with Gasteiger partial charge in [0.25, 0.3) is 10.0 Å². The number of aromatic amines is 1. The molecule has 10 heteroatoms. The largest absolute Gasteiger partial charge is 0.345 e. The number of aromatic nitrogens is 4. The number of sulfonamides is 1. The van der Waals surface area contributed by atoms with Crippen molar-refractivity contribution in [2.45, 2.75) is 4.90 Å². The first kappa shape index (κ1) is 21.5. The minimum absolute atomic E-state index is 0.184. The van der Waals surface area contributed by atoms with E-state index in [1.165, 1.54) is 24.3 Å². The molecule has 0 spiro atoms. The van der Waals surface area contributed by atoms with E-state index in [2.05, 4.69) is 19.8 Å². The molecule has 5 rings (SSSR count). The van der Waals surface area contributed by atoms with Crippen LogP contribution in [0.4, 0.5) is 10.1 Å². The molecule has 0 saturated carbocycles. The van der Waals surface area contributed by atoms with Gasteiger partial charge in [0, 0.05) is 59.0 Å². The molecule has 0 aliphatic carbocycles. The Bertz CT molecular complexity index is 1660. The van der Waals surface area contributed by atoms with Gasteiger partial charge in [-0.05, 0) is 36.4 Å². The summed E-state index contributed by atoms with van der Waals surface area (Å²) in [5, 5.41) is 4.80. The van der Waals surface area contributed by atoms with Gasteiger partial charge in [-0.2, -0.15) is 5.10 Å². The quantitative estimate of drug-likeness (QED) is 0.359. The Morgan fingerprint density at radius 2 is 1.88 bits per heavy atom. The third-order valence-corrected chi connectivity index (χ3v) is 6.68. The molecule has 0 amide bonds. The molecular formula is C24H18FN5O3S. The smallest absolute Gasteiger partial charge is 0.261 e. The van der Waals surface area contributed by atoms with Gasteiger partial charge in [0.05, 0.1) is 11.1 Å². The van der Waals surface area contributed by atoms with Crippen LogP contribution in [0.15, 0.2) is 84.3 Å². The van der Waals surface area contributed by atoms with E-state index in [4.69, 9.17) is 0 Å². The number of rotatable bonds is 6. The number of benzene rings is 2. The van der Waals surface area contributed by atoms with E-state index in [9.17, 15) is 17.6 Å². The van der Waals surface area contributed by atoms with E-state index in [-0.39, 0.29) is 21.9 Å². The summed E-state index contributed by atoms with van der Waals surface area (Å²) in [7, 11) is -2.21. The second kappa shape index (κ2) is 8.23. The number of carbonyl (C=O) groups is 1. The fourth-order valence-electron chi connectivity index (χ4n) is 3.65. The lowest BCUT2D eigenvalue weighted by molar-refractivity contribution is 0.104. The SMILES string of the molecule is Cn1cc(-c2cnc3[nH]cc(C(=O)c4cccc(NS(=O)(=O)c5cccc(F)c5)c4)c3c2)cn1. The van der Waals surface area contributed by atoms with E-state index in [0.717, 1.165) is 23.3 Å². The number of anilines is 1. The summed E-state index contributed by atoms with van der Waals surface area (Å²) in [6, 6.07) is 12.7. The lowest BCUT2D eigenvalue weighted by Crippen LogP contribution is -2.13. The fraction of sp³-hybridized carbons (Fsp3) is 0.0417. The Morgan fingerprint density at radius 1 is 1.06 bits per heavy atom. The highest BCUT2D eigenvalue weighted by molar-refractivity contribution is 7.92. The number of aryl methyl sites for hydroxylation is 1. The van der Waals surface area contributed by atoms with Gasteiger partial charge in [-0.3, -0.25) is 14.2 Å². The molecular weight excluding hydrogens is 457 g/mol. The van der Waals surface area contributed by atoms with Crippen molar-refractivity contribution in [3.8, 4) is 11.1 Å². The van der Waals surface area contributed by atoms with Crippen molar-refractivity contribution in [3.63, 3.8) is 0 Å². The van der Waals surface area contributed by atoms with Crippen LogP contribution >= 0.6 is 0 Å². The number of H-pyrrole nitrogens is 1. The van der Waals surface area contributed by atoms with Crippen molar-refractivity contribution >= 4 is 32.5 Å². The zero-order chi connectivity index (χ0) is 23.9. The van der Waals surface area contributed by atoms with E-state index in [1.54, 1.807) is 35.4 Å². The highest BCUT2D eigenvalue weighted by Crippen LogP contribution is 2.27. The molecule has 2 aromatic carbocycles. The number of hydrogen-bond acceptors (Lipinski definition) is 5. The summed E-state index contributed by atoms with van der Waals surface area (Å²) >= 11 is 0. The Balaban J connectivity index is 1.47. The van der Waals surface area contributed by atoms with Crippen molar-refractivity contribution in [2.75, 3.05) is 4.72 Å². The molecule has 170 valence electrons. The average molecular weight is 476 g/mol. The molecule has 34 heavy (non-hydrogen) atoms. The van der Waals surface area contributed by atoms with Gasteiger partial charge in [-0.15, -0.1) is 0 Å². The van der Waals surface area contributed by atoms with Gasteiger partial charge in [-0.1, -0.05) is 18.2 Å². The Morgan fingerprint density at radius 3 is 2.65 bits per heavy atom. The number of hydrogen-bond donors (Lipinski definition) is 2. The van der Waals surface area contributed by atoms with Gasteiger partial charge >= 0.3 is 0 Å². The molecule has 8 nitrogen and oxygen atoms in total. The van der Waals surface area contributed by atoms with Gasteiger partial charge < -0.3 is 4.98 Å². The van der Waals surface area contributed by atoms with E-state index in [1.807, 2.05) is 19.3 Å². The average Bonchev–Trinajstić information content (AvgIpc) is 3.44. The summed E-state index contributed by atoms with van der Waals surface area (Å²) < 4.78 is 42.8. The number of fused-ring (bicyclic) bond motifs is 1. The Hall–Kier alpha value is -4.31. The fourth-order valence-corrected chi connectivity index (χ4v) is 4.73. The van der Waals surface area contributed by atoms with Crippen LogP contribution in [0.3, 0.4) is 0 Å². The van der Waals surface area contributed by atoms with E-state index in [0.29, 0.717) is 16.6 Å². The maximum atomic E-state index is 13.5. The lowest BCUT2D eigenvalue weighted by atomic mass is 10.0. The van der Waals surface area contributed by atoms with Gasteiger partial charge in [0.2, 0.25) is 0 Å². The standard InChI is InChI=1S/C24H18FN5O3S/c1-30-14-17(12-28-30)16-9-21-22(13-27-24(21)26-11-16)23(31)15-4-2-6-19(8-15)29-34(32,33)20-7-3-5-18(25)10-20/h2-14,29H,1H3,(H,26,27). The molecule has 0 atom stereocenters. The summed E-state index contributed by atoms with van der Waals surface area (Å²) in [5.41, 5.74) is 3.10. The van der Waals surface area contributed by atoms with Crippen LogP contribution in [0.2, 0.25) is 0 Å².